The summed E-state index contributed by atoms with van der Waals surface area (Å²) in [6.45, 7) is 5.15. The van der Waals surface area contributed by atoms with Crippen molar-refractivity contribution in [3.63, 3.8) is 0 Å². The molecule has 1 fully saturated rings. The van der Waals surface area contributed by atoms with Gasteiger partial charge in [-0.25, -0.2) is 0 Å². The molecule has 0 radical (unpaired) electrons. The second kappa shape index (κ2) is 4.69. The van der Waals surface area contributed by atoms with Crippen LogP contribution < -0.4 is 11.1 Å². The highest BCUT2D eigenvalue weighted by Gasteiger charge is 2.31. The third kappa shape index (κ3) is 2.63. The largest absolute Gasteiger partial charge is 0.397 e. The van der Waals surface area contributed by atoms with Gasteiger partial charge in [-0.15, -0.1) is 11.3 Å². The van der Waals surface area contributed by atoms with Gasteiger partial charge >= 0.3 is 0 Å². The number of rotatable bonds is 5. The molecule has 1 aliphatic rings. The normalized spacial score (nSPS) is 17.5. The standard InChI is InChI=1S/C13H20N2OS/c1-3-10(16)12-9(14)7-11(17-12)15-8-13(2)5-4-6-13/h7,15H,3-6,8,14H2,1-2H3. The second-order valence-electron chi connectivity index (χ2n) is 5.19. The third-order valence-electron chi connectivity index (χ3n) is 3.59. The van der Waals surface area contributed by atoms with Crippen molar-refractivity contribution in [3.8, 4) is 0 Å². The Morgan fingerprint density at radius 1 is 1.59 bits per heavy atom. The van der Waals surface area contributed by atoms with E-state index in [1.807, 2.05) is 13.0 Å². The van der Waals surface area contributed by atoms with Crippen LogP contribution in [0.2, 0.25) is 0 Å². The van der Waals surface area contributed by atoms with E-state index < -0.39 is 0 Å². The molecule has 0 spiro atoms. The number of carbonyl (C=O) groups excluding carboxylic acids is 1. The highest BCUT2D eigenvalue weighted by molar-refractivity contribution is 7.18. The maximum Gasteiger partial charge on any atom is 0.174 e. The Bertz CT molecular complexity index is 421. The summed E-state index contributed by atoms with van der Waals surface area (Å²) in [5, 5.41) is 4.43. The maximum atomic E-state index is 11.6. The van der Waals surface area contributed by atoms with Gasteiger partial charge in [0.15, 0.2) is 5.78 Å². The van der Waals surface area contributed by atoms with E-state index in [0.717, 1.165) is 11.5 Å². The molecule has 1 aliphatic carbocycles. The van der Waals surface area contributed by atoms with E-state index in [1.165, 1.54) is 30.6 Å². The Labute approximate surface area is 106 Å². The van der Waals surface area contributed by atoms with Gasteiger partial charge in [-0.05, 0) is 24.3 Å². The molecule has 17 heavy (non-hydrogen) atoms. The lowest BCUT2D eigenvalue weighted by atomic mass is 9.70. The summed E-state index contributed by atoms with van der Waals surface area (Å²) in [7, 11) is 0. The van der Waals surface area contributed by atoms with E-state index in [2.05, 4.69) is 12.2 Å². The molecule has 1 saturated carbocycles. The Hall–Kier alpha value is -1.03. The van der Waals surface area contributed by atoms with Crippen LogP contribution in [0.1, 0.15) is 49.2 Å². The molecule has 3 nitrogen and oxygen atoms in total. The number of Topliss-reactive ketones (excluding diaryl/α,β-unsaturated/α-hetero) is 1. The maximum absolute atomic E-state index is 11.6. The zero-order valence-corrected chi connectivity index (χ0v) is 11.3. The zero-order chi connectivity index (χ0) is 12.5. The Morgan fingerprint density at radius 2 is 2.29 bits per heavy atom. The fraction of sp³-hybridized carbons (Fsp3) is 0.615. The van der Waals surface area contributed by atoms with Crippen molar-refractivity contribution >= 4 is 27.8 Å². The minimum Gasteiger partial charge on any atom is -0.397 e. The number of nitrogen functional groups attached to an aromatic ring is 1. The first-order chi connectivity index (χ1) is 8.04. The van der Waals surface area contributed by atoms with E-state index in [4.69, 9.17) is 5.73 Å². The minimum atomic E-state index is 0.135. The van der Waals surface area contributed by atoms with E-state index >= 15 is 0 Å². The molecule has 0 unspecified atom stereocenters. The number of anilines is 2. The predicted octanol–water partition coefficient (Wildman–Crippen LogP) is 3.53. The first-order valence-corrected chi connectivity index (χ1v) is 7.02. The molecule has 1 aromatic rings. The van der Waals surface area contributed by atoms with Crippen LogP contribution in [-0.2, 0) is 0 Å². The Kier molecular flexibility index (Phi) is 3.43. The molecule has 1 heterocycles. The van der Waals surface area contributed by atoms with E-state index in [0.29, 0.717) is 22.4 Å². The van der Waals surface area contributed by atoms with Gasteiger partial charge in [-0.2, -0.15) is 0 Å². The van der Waals surface area contributed by atoms with Crippen LogP contribution in [-0.4, -0.2) is 12.3 Å². The highest BCUT2D eigenvalue weighted by atomic mass is 32.1. The number of nitrogens with one attached hydrogen (secondary N) is 1. The van der Waals surface area contributed by atoms with Gasteiger partial charge in [0.25, 0.3) is 0 Å². The van der Waals surface area contributed by atoms with Gasteiger partial charge in [0.05, 0.1) is 15.6 Å². The molecule has 1 aromatic heterocycles. The molecule has 4 heteroatoms. The van der Waals surface area contributed by atoms with Crippen LogP contribution in [0.25, 0.3) is 0 Å². The third-order valence-corrected chi connectivity index (χ3v) is 4.73. The van der Waals surface area contributed by atoms with E-state index in [1.54, 1.807) is 0 Å². The minimum absolute atomic E-state index is 0.135. The topological polar surface area (TPSA) is 55.1 Å². The highest BCUT2D eigenvalue weighted by Crippen LogP contribution is 2.41. The summed E-state index contributed by atoms with van der Waals surface area (Å²) < 4.78 is 0. The quantitative estimate of drug-likeness (QED) is 0.788. The number of hydrogen-bond acceptors (Lipinski definition) is 4. The first kappa shape index (κ1) is 12.4. The Morgan fingerprint density at radius 3 is 2.82 bits per heavy atom. The van der Waals surface area contributed by atoms with E-state index in [-0.39, 0.29) is 5.78 Å². The van der Waals surface area contributed by atoms with Crippen LogP contribution >= 0.6 is 11.3 Å². The molecule has 0 bridgehead atoms. The van der Waals surface area contributed by atoms with Crippen LogP contribution in [0.15, 0.2) is 6.07 Å². The van der Waals surface area contributed by atoms with Crippen molar-refractivity contribution in [1.82, 2.24) is 0 Å². The molecule has 0 aromatic carbocycles. The molecular weight excluding hydrogens is 232 g/mol. The van der Waals surface area contributed by atoms with Crippen LogP contribution in [0.3, 0.4) is 0 Å². The molecule has 0 atom stereocenters. The molecule has 94 valence electrons. The number of carbonyl (C=O) groups is 1. The lowest BCUT2D eigenvalue weighted by Gasteiger charge is -2.38. The summed E-state index contributed by atoms with van der Waals surface area (Å²) in [4.78, 5) is 12.3. The van der Waals surface area contributed by atoms with Crippen LogP contribution in [0, 0.1) is 5.41 Å². The fourth-order valence-electron chi connectivity index (χ4n) is 2.13. The van der Waals surface area contributed by atoms with Crippen molar-refractivity contribution in [1.29, 1.82) is 0 Å². The predicted molar refractivity (Wildman–Crippen MR) is 73.8 cm³/mol. The lowest BCUT2D eigenvalue weighted by molar-refractivity contribution is 0.0993. The smallest absolute Gasteiger partial charge is 0.174 e. The van der Waals surface area contributed by atoms with Crippen LogP contribution in [0.4, 0.5) is 10.7 Å². The summed E-state index contributed by atoms with van der Waals surface area (Å²) in [6.07, 6.45) is 4.44. The number of nitrogens with two attached hydrogens (primary N) is 1. The van der Waals surface area contributed by atoms with Gasteiger partial charge in [0, 0.05) is 13.0 Å². The monoisotopic (exact) mass is 252 g/mol. The van der Waals surface area contributed by atoms with Gasteiger partial charge < -0.3 is 11.1 Å². The van der Waals surface area contributed by atoms with Gasteiger partial charge in [0.2, 0.25) is 0 Å². The molecular formula is C13H20N2OS. The molecule has 2 rings (SSSR count). The van der Waals surface area contributed by atoms with Crippen molar-refractivity contribution < 1.29 is 4.79 Å². The molecule has 0 saturated heterocycles. The Balaban J connectivity index is 1.99. The first-order valence-electron chi connectivity index (χ1n) is 6.20. The zero-order valence-electron chi connectivity index (χ0n) is 10.5. The van der Waals surface area contributed by atoms with E-state index in [9.17, 15) is 4.79 Å². The van der Waals surface area contributed by atoms with Gasteiger partial charge in [0.1, 0.15) is 0 Å². The van der Waals surface area contributed by atoms with Gasteiger partial charge in [-0.3, -0.25) is 4.79 Å². The van der Waals surface area contributed by atoms with Crippen molar-refractivity contribution in [2.45, 2.75) is 39.5 Å². The molecule has 0 aliphatic heterocycles. The van der Waals surface area contributed by atoms with Crippen molar-refractivity contribution in [3.05, 3.63) is 10.9 Å². The summed E-state index contributed by atoms with van der Waals surface area (Å²) in [5.74, 6) is 0.135. The summed E-state index contributed by atoms with van der Waals surface area (Å²) in [5.41, 5.74) is 6.91. The number of hydrogen-bond donors (Lipinski definition) is 2. The van der Waals surface area contributed by atoms with Gasteiger partial charge in [-0.1, -0.05) is 20.3 Å². The number of thiophene rings is 1. The lowest BCUT2D eigenvalue weighted by Crippen LogP contribution is -2.33. The van der Waals surface area contributed by atoms with Crippen molar-refractivity contribution in [2.75, 3.05) is 17.6 Å². The van der Waals surface area contributed by atoms with Crippen LogP contribution in [0.5, 0.6) is 0 Å². The SMILES string of the molecule is CCC(=O)c1sc(NCC2(C)CCC2)cc1N. The summed E-state index contributed by atoms with van der Waals surface area (Å²) >= 11 is 1.48. The average molecular weight is 252 g/mol. The van der Waals surface area contributed by atoms with Crippen molar-refractivity contribution in [2.24, 2.45) is 5.41 Å². The summed E-state index contributed by atoms with van der Waals surface area (Å²) in [6, 6.07) is 1.88. The number of ketones is 1. The molecule has 0 amide bonds. The molecule has 3 N–H and O–H groups in total. The average Bonchev–Trinajstić information content (AvgIpc) is 2.64. The fourth-order valence-corrected chi connectivity index (χ4v) is 3.11. The second-order valence-corrected chi connectivity index (χ2v) is 6.24.